The molecule has 0 bridgehead atoms. The van der Waals surface area contributed by atoms with Gasteiger partial charge in [0.1, 0.15) is 0 Å². The van der Waals surface area contributed by atoms with Crippen LogP contribution in [0.3, 0.4) is 0 Å². The smallest absolute Gasteiger partial charge is 0.176 e. The topological polar surface area (TPSA) is 13.1 Å². The predicted molar refractivity (Wildman–Crippen MR) is 84.5 cm³/mol. The molecule has 18 heavy (non-hydrogen) atoms. The Morgan fingerprint density at radius 2 is 1.94 bits per heavy atom. The van der Waals surface area contributed by atoms with Gasteiger partial charge in [0, 0.05) is 6.42 Å². The van der Waals surface area contributed by atoms with Crippen LogP contribution >= 0.6 is 22.6 Å². The first-order valence-corrected chi connectivity index (χ1v) is 7.70. The molecule has 0 radical (unpaired) electrons. The summed E-state index contributed by atoms with van der Waals surface area (Å²) in [4.78, 5) is 0. The molecular formula is C16H17IO. The Bertz CT molecular complexity index is 449. The van der Waals surface area contributed by atoms with Gasteiger partial charge in [0.05, 0.1) is 6.26 Å². The molecule has 0 saturated carbocycles. The van der Waals surface area contributed by atoms with E-state index in [1.54, 1.807) is 18.4 Å². The van der Waals surface area contributed by atoms with E-state index in [2.05, 4.69) is 46.3 Å². The minimum absolute atomic E-state index is 0.683. The third kappa shape index (κ3) is 8.03. The first-order valence-electron chi connectivity index (χ1n) is 6.18. The van der Waals surface area contributed by atoms with Crippen molar-refractivity contribution in [1.82, 2.24) is 0 Å². The normalized spacial score (nSPS) is 9.61. The van der Waals surface area contributed by atoms with Crippen LogP contribution in [-0.4, -0.2) is 4.43 Å². The summed E-state index contributed by atoms with van der Waals surface area (Å²) in [6.07, 6.45) is 11.3. The highest BCUT2D eigenvalue weighted by Gasteiger charge is 1.86. The van der Waals surface area contributed by atoms with Crippen molar-refractivity contribution in [2.75, 3.05) is 4.43 Å². The molecule has 0 atom stereocenters. The van der Waals surface area contributed by atoms with E-state index >= 15 is 0 Å². The molecule has 1 aromatic heterocycles. The Labute approximate surface area is 123 Å². The molecule has 0 N–H and O–H groups in total. The molecular weight excluding hydrogens is 335 g/mol. The average molecular weight is 352 g/mol. The van der Waals surface area contributed by atoms with Gasteiger partial charge in [-0.2, -0.15) is 0 Å². The third-order valence-corrected chi connectivity index (χ3v) is 3.02. The van der Waals surface area contributed by atoms with Crippen molar-refractivity contribution < 1.29 is 4.42 Å². The highest BCUT2D eigenvalue weighted by atomic mass is 127. The summed E-state index contributed by atoms with van der Waals surface area (Å²) < 4.78 is 6.35. The zero-order valence-electron chi connectivity index (χ0n) is 10.4. The van der Waals surface area contributed by atoms with E-state index in [0.717, 1.165) is 6.42 Å². The fraction of sp³-hybridized carbons (Fsp3) is 0.375. The Kier molecular flexibility index (Phi) is 9.11. The van der Waals surface area contributed by atoms with E-state index in [4.69, 9.17) is 4.42 Å². The lowest BCUT2D eigenvalue weighted by Gasteiger charge is -1.93. The molecule has 1 aromatic rings. The number of halogens is 1. The highest BCUT2D eigenvalue weighted by molar-refractivity contribution is 14.1. The lowest BCUT2D eigenvalue weighted by Crippen LogP contribution is -1.77. The number of hydrogen-bond donors (Lipinski definition) is 0. The largest absolute Gasteiger partial charge is 0.456 e. The molecule has 1 heterocycles. The highest BCUT2D eigenvalue weighted by Crippen LogP contribution is 2.03. The minimum atomic E-state index is 0.683. The van der Waals surface area contributed by atoms with Crippen molar-refractivity contribution in [2.45, 2.75) is 32.1 Å². The summed E-state index contributed by atoms with van der Waals surface area (Å²) in [5.74, 6) is 12.6. The quantitative estimate of drug-likeness (QED) is 0.327. The van der Waals surface area contributed by atoms with Gasteiger partial charge in [-0.05, 0) is 47.5 Å². The van der Waals surface area contributed by atoms with Gasteiger partial charge in [-0.1, -0.05) is 53.2 Å². The molecule has 0 aliphatic carbocycles. The van der Waals surface area contributed by atoms with Crippen molar-refractivity contribution in [3.63, 3.8) is 0 Å². The molecule has 2 heteroatoms. The lowest BCUT2D eigenvalue weighted by molar-refractivity contribution is 0.554. The molecule has 0 fully saturated rings. The number of alkyl halides is 1. The van der Waals surface area contributed by atoms with Gasteiger partial charge < -0.3 is 4.42 Å². The van der Waals surface area contributed by atoms with E-state index in [-0.39, 0.29) is 0 Å². The first kappa shape index (κ1) is 14.9. The SMILES string of the molecule is ICCCCCCC#CC=CC#Cc1ccco1. The monoisotopic (exact) mass is 352 g/mol. The predicted octanol–water partition coefficient (Wildman–Crippen LogP) is 4.58. The zero-order valence-corrected chi connectivity index (χ0v) is 12.6. The van der Waals surface area contributed by atoms with Crippen LogP contribution in [0.4, 0.5) is 0 Å². The Morgan fingerprint density at radius 1 is 1.11 bits per heavy atom. The summed E-state index contributed by atoms with van der Waals surface area (Å²) in [6.45, 7) is 0. The van der Waals surface area contributed by atoms with E-state index in [9.17, 15) is 0 Å². The minimum Gasteiger partial charge on any atom is -0.456 e. The molecule has 0 saturated heterocycles. The summed E-state index contributed by atoms with van der Waals surface area (Å²) in [5, 5.41) is 0. The van der Waals surface area contributed by atoms with E-state index in [1.807, 2.05) is 12.1 Å². The van der Waals surface area contributed by atoms with Crippen LogP contribution < -0.4 is 0 Å². The molecule has 1 rings (SSSR count). The molecule has 0 spiro atoms. The Morgan fingerprint density at radius 3 is 2.72 bits per heavy atom. The van der Waals surface area contributed by atoms with Crippen molar-refractivity contribution in [2.24, 2.45) is 0 Å². The third-order valence-electron chi connectivity index (χ3n) is 2.25. The Balaban J connectivity index is 2.09. The van der Waals surface area contributed by atoms with Crippen LogP contribution in [-0.2, 0) is 0 Å². The Hall–Kier alpha value is -1.13. The van der Waals surface area contributed by atoms with Gasteiger partial charge in [-0.25, -0.2) is 0 Å². The van der Waals surface area contributed by atoms with Crippen LogP contribution in [0.15, 0.2) is 35.0 Å². The van der Waals surface area contributed by atoms with E-state index < -0.39 is 0 Å². The van der Waals surface area contributed by atoms with Crippen molar-refractivity contribution in [3.05, 3.63) is 36.3 Å². The van der Waals surface area contributed by atoms with Gasteiger partial charge in [-0.3, -0.25) is 0 Å². The van der Waals surface area contributed by atoms with E-state index in [1.165, 1.54) is 30.1 Å². The lowest BCUT2D eigenvalue weighted by atomic mass is 10.2. The van der Waals surface area contributed by atoms with Gasteiger partial charge in [-0.15, -0.1) is 0 Å². The second-order valence-corrected chi connectivity index (χ2v) is 4.83. The summed E-state index contributed by atoms with van der Waals surface area (Å²) >= 11 is 2.42. The van der Waals surface area contributed by atoms with Crippen molar-refractivity contribution >= 4 is 22.6 Å². The molecule has 0 aliphatic rings. The molecule has 0 aliphatic heterocycles. The maximum Gasteiger partial charge on any atom is 0.176 e. The van der Waals surface area contributed by atoms with Crippen molar-refractivity contribution in [1.29, 1.82) is 0 Å². The average Bonchev–Trinajstić information content (AvgIpc) is 2.89. The van der Waals surface area contributed by atoms with Gasteiger partial charge in [0.25, 0.3) is 0 Å². The van der Waals surface area contributed by atoms with Crippen LogP contribution in [0, 0.1) is 23.7 Å². The molecule has 0 unspecified atom stereocenters. The van der Waals surface area contributed by atoms with Crippen LogP contribution in [0.2, 0.25) is 0 Å². The maximum absolute atomic E-state index is 5.08. The number of unbranched alkanes of at least 4 members (excludes halogenated alkanes) is 4. The number of allylic oxidation sites excluding steroid dienone is 2. The fourth-order valence-electron chi connectivity index (χ4n) is 1.34. The van der Waals surface area contributed by atoms with Gasteiger partial charge in [0.15, 0.2) is 5.76 Å². The van der Waals surface area contributed by atoms with E-state index in [0.29, 0.717) is 5.76 Å². The number of furan rings is 1. The van der Waals surface area contributed by atoms with Gasteiger partial charge in [0.2, 0.25) is 0 Å². The van der Waals surface area contributed by atoms with Crippen LogP contribution in [0.1, 0.15) is 37.9 Å². The summed E-state index contributed by atoms with van der Waals surface area (Å²) in [6, 6.07) is 3.66. The molecule has 94 valence electrons. The zero-order chi connectivity index (χ0) is 12.9. The maximum atomic E-state index is 5.08. The first-order chi connectivity index (χ1) is 8.93. The summed E-state index contributed by atoms with van der Waals surface area (Å²) in [7, 11) is 0. The molecule has 1 nitrogen and oxygen atoms in total. The summed E-state index contributed by atoms with van der Waals surface area (Å²) in [5.41, 5.74) is 0. The van der Waals surface area contributed by atoms with Crippen molar-refractivity contribution in [3.8, 4) is 23.7 Å². The molecule has 0 aromatic carbocycles. The standard InChI is InChI=1S/C16H17IO/c17-14-10-8-6-4-2-1-3-5-7-9-12-16-13-11-15-18-16/h5,7,11,13,15H,2,4,6,8,10,14H2. The van der Waals surface area contributed by atoms with Crippen LogP contribution in [0.5, 0.6) is 0 Å². The second kappa shape index (κ2) is 11.0. The number of rotatable bonds is 5. The second-order valence-electron chi connectivity index (χ2n) is 3.75. The van der Waals surface area contributed by atoms with Crippen LogP contribution in [0.25, 0.3) is 0 Å². The fourth-order valence-corrected chi connectivity index (χ4v) is 1.88. The molecule has 0 amide bonds. The van der Waals surface area contributed by atoms with Gasteiger partial charge >= 0.3 is 0 Å². The number of hydrogen-bond acceptors (Lipinski definition) is 1.